The summed E-state index contributed by atoms with van der Waals surface area (Å²) in [5, 5.41) is 5.58. The predicted molar refractivity (Wildman–Crippen MR) is 68.3 cm³/mol. The van der Waals surface area contributed by atoms with Gasteiger partial charge >= 0.3 is 6.41 Å². The van der Waals surface area contributed by atoms with E-state index in [1.807, 2.05) is 17.2 Å². The Kier molecular flexibility index (Phi) is 4.39. The quantitative estimate of drug-likeness (QED) is 0.692. The summed E-state index contributed by atoms with van der Waals surface area (Å²) >= 11 is 0. The summed E-state index contributed by atoms with van der Waals surface area (Å²) in [4.78, 5) is 24.4. The summed E-state index contributed by atoms with van der Waals surface area (Å²) in [6, 6.07) is -0.406. The normalized spacial score (nSPS) is 24.0. The summed E-state index contributed by atoms with van der Waals surface area (Å²) in [5.41, 5.74) is 1.14. The molecule has 18 heavy (non-hydrogen) atoms. The number of nitrogens with zero attached hydrogens (tertiary/aromatic N) is 1. The van der Waals surface area contributed by atoms with Gasteiger partial charge in [-0.25, -0.2) is 0 Å². The van der Waals surface area contributed by atoms with Gasteiger partial charge in [-0.05, 0) is 37.1 Å². The van der Waals surface area contributed by atoms with Gasteiger partial charge in [-0.1, -0.05) is 6.08 Å². The van der Waals surface area contributed by atoms with Crippen molar-refractivity contribution in [2.24, 2.45) is 0 Å². The minimum atomic E-state index is -0.406. The molecular weight excluding hydrogens is 230 g/mol. The van der Waals surface area contributed by atoms with Crippen LogP contribution in [-0.4, -0.2) is 42.9 Å². The molecule has 2 heterocycles. The molecule has 5 heteroatoms. The Morgan fingerprint density at radius 3 is 3.11 bits per heavy atom. The second-order valence-corrected chi connectivity index (χ2v) is 4.58. The van der Waals surface area contributed by atoms with Crippen LogP contribution in [-0.2, 0) is 9.59 Å². The van der Waals surface area contributed by atoms with Crippen LogP contribution in [0.5, 0.6) is 0 Å². The zero-order valence-corrected chi connectivity index (χ0v) is 10.3. The molecule has 1 saturated heterocycles. The molecule has 2 amide bonds. The standard InChI is InChI=1S/C13H18N3O2/c17-10-15-12-3-1-2-8-16(13(12)18)9-11-4-6-14-7-5-11/h4-6,12,14H,1-3,7-9H2,(H,15,17)/t12-/m0/s1. The van der Waals surface area contributed by atoms with E-state index in [1.165, 1.54) is 0 Å². The second-order valence-electron chi connectivity index (χ2n) is 4.58. The van der Waals surface area contributed by atoms with E-state index in [4.69, 9.17) is 0 Å². The Morgan fingerprint density at radius 1 is 1.50 bits per heavy atom. The van der Waals surface area contributed by atoms with Crippen LogP contribution in [0, 0.1) is 0 Å². The van der Waals surface area contributed by atoms with Crippen LogP contribution in [0.15, 0.2) is 23.9 Å². The number of dihydropyridines is 1. The van der Waals surface area contributed by atoms with Crippen LogP contribution in [0.3, 0.4) is 0 Å². The smallest absolute Gasteiger partial charge is 0.309 e. The van der Waals surface area contributed by atoms with Gasteiger partial charge in [0.2, 0.25) is 5.91 Å². The third-order valence-electron chi connectivity index (χ3n) is 3.28. The lowest BCUT2D eigenvalue weighted by Crippen LogP contribution is -2.45. The maximum atomic E-state index is 12.2. The fourth-order valence-corrected chi connectivity index (χ4v) is 2.30. The lowest BCUT2D eigenvalue weighted by molar-refractivity contribution is -0.132. The fourth-order valence-electron chi connectivity index (χ4n) is 2.30. The number of rotatable bonds is 4. The number of amides is 2. The number of carbonyl (C=O) groups is 1. The first kappa shape index (κ1) is 12.7. The maximum absolute atomic E-state index is 12.2. The van der Waals surface area contributed by atoms with E-state index < -0.39 is 6.04 Å². The van der Waals surface area contributed by atoms with Crippen LogP contribution >= 0.6 is 0 Å². The first-order chi connectivity index (χ1) is 8.81. The summed E-state index contributed by atoms with van der Waals surface area (Å²) in [7, 11) is 0. The van der Waals surface area contributed by atoms with Crippen LogP contribution in [0.1, 0.15) is 19.3 Å². The molecule has 97 valence electrons. The highest BCUT2D eigenvalue weighted by Crippen LogP contribution is 2.14. The number of nitrogens with one attached hydrogen (secondary N) is 2. The first-order valence-corrected chi connectivity index (χ1v) is 6.31. The van der Waals surface area contributed by atoms with E-state index in [-0.39, 0.29) is 5.91 Å². The van der Waals surface area contributed by atoms with Crippen molar-refractivity contribution >= 4 is 12.3 Å². The molecule has 0 spiro atoms. The summed E-state index contributed by atoms with van der Waals surface area (Å²) in [6.07, 6.45) is 10.2. The third kappa shape index (κ3) is 3.12. The topological polar surface area (TPSA) is 61.4 Å². The van der Waals surface area contributed by atoms with Crippen molar-refractivity contribution in [3.05, 3.63) is 23.9 Å². The molecule has 1 atom stereocenters. The monoisotopic (exact) mass is 248 g/mol. The van der Waals surface area contributed by atoms with Gasteiger partial charge in [-0.2, -0.15) is 0 Å². The molecule has 1 fully saturated rings. The zero-order chi connectivity index (χ0) is 12.8. The molecule has 1 radical (unpaired) electrons. The van der Waals surface area contributed by atoms with Gasteiger partial charge in [-0.15, -0.1) is 0 Å². The average Bonchev–Trinajstić information content (AvgIpc) is 2.56. The summed E-state index contributed by atoms with van der Waals surface area (Å²) < 4.78 is 0. The Labute approximate surface area is 107 Å². The summed E-state index contributed by atoms with van der Waals surface area (Å²) in [6.45, 7) is 2.18. The van der Waals surface area contributed by atoms with Crippen LogP contribution < -0.4 is 10.6 Å². The van der Waals surface area contributed by atoms with Gasteiger partial charge in [0.15, 0.2) is 0 Å². The molecular formula is C13H18N3O2. The van der Waals surface area contributed by atoms with Crippen molar-refractivity contribution in [3.8, 4) is 0 Å². The van der Waals surface area contributed by atoms with Crippen molar-refractivity contribution in [1.29, 1.82) is 0 Å². The van der Waals surface area contributed by atoms with Crippen LogP contribution in [0.2, 0.25) is 0 Å². The molecule has 2 N–H and O–H groups in total. The minimum absolute atomic E-state index is 0.00341. The molecule has 0 aromatic rings. The van der Waals surface area contributed by atoms with Crippen molar-refractivity contribution in [3.63, 3.8) is 0 Å². The van der Waals surface area contributed by atoms with Gasteiger partial charge in [0.1, 0.15) is 6.04 Å². The van der Waals surface area contributed by atoms with Gasteiger partial charge in [0, 0.05) is 19.6 Å². The lowest BCUT2D eigenvalue weighted by Gasteiger charge is -2.25. The number of hydrogen-bond donors (Lipinski definition) is 2. The van der Waals surface area contributed by atoms with E-state index in [9.17, 15) is 9.59 Å². The summed E-state index contributed by atoms with van der Waals surface area (Å²) in [5.74, 6) is 0.00341. The maximum Gasteiger partial charge on any atom is 0.309 e. The number of carbonyl (C=O) groups excluding carboxylic acids is 2. The van der Waals surface area contributed by atoms with Gasteiger partial charge in [-0.3, -0.25) is 9.59 Å². The van der Waals surface area contributed by atoms with Gasteiger partial charge in [0.05, 0.1) is 0 Å². The SMILES string of the molecule is O=[C]N[C@H]1CCCCN(CC2=CCNC=C2)C1=O. The molecule has 2 aliphatic heterocycles. The zero-order valence-electron chi connectivity index (χ0n) is 10.3. The first-order valence-electron chi connectivity index (χ1n) is 6.31. The molecule has 5 nitrogen and oxygen atoms in total. The molecule has 0 bridgehead atoms. The van der Waals surface area contributed by atoms with E-state index in [0.29, 0.717) is 13.0 Å². The van der Waals surface area contributed by atoms with Crippen molar-refractivity contribution in [1.82, 2.24) is 15.5 Å². The Morgan fingerprint density at radius 2 is 2.39 bits per heavy atom. The highest BCUT2D eigenvalue weighted by Gasteiger charge is 2.26. The predicted octanol–water partition coefficient (Wildman–Crippen LogP) is 0.0676. The van der Waals surface area contributed by atoms with Crippen molar-refractivity contribution < 1.29 is 9.59 Å². The molecule has 0 aromatic carbocycles. The third-order valence-corrected chi connectivity index (χ3v) is 3.28. The largest absolute Gasteiger partial charge is 0.387 e. The Bertz CT molecular complexity index is 376. The molecule has 0 aromatic heterocycles. The lowest BCUT2D eigenvalue weighted by atomic mass is 10.1. The highest BCUT2D eigenvalue weighted by atomic mass is 16.2. The van der Waals surface area contributed by atoms with Crippen LogP contribution in [0.4, 0.5) is 0 Å². The molecule has 0 saturated carbocycles. The van der Waals surface area contributed by atoms with Crippen LogP contribution in [0.25, 0.3) is 0 Å². The Hall–Kier alpha value is -1.78. The van der Waals surface area contributed by atoms with E-state index >= 15 is 0 Å². The Balaban J connectivity index is 2.00. The second kappa shape index (κ2) is 6.23. The number of hydrogen-bond acceptors (Lipinski definition) is 3. The minimum Gasteiger partial charge on any atom is -0.387 e. The number of likely N-dealkylation sites (tertiary alicyclic amines) is 1. The molecule has 2 aliphatic rings. The van der Waals surface area contributed by atoms with Crippen molar-refractivity contribution in [2.45, 2.75) is 25.3 Å². The van der Waals surface area contributed by atoms with E-state index in [1.54, 1.807) is 6.41 Å². The molecule has 0 unspecified atom stereocenters. The van der Waals surface area contributed by atoms with Crippen molar-refractivity contribution in [2.75, 3.05) is 19.6 Å². The fraction of sp³-hybridized carbons (Fsp3) is 0.538. The van der Waals surface area contributed by atoms with Gasteiger partial charge in [0.25, 0.3) is 0 Å². The average molecular weight is 248 g/mol. The molecule has 0 aliphatic carbocycles. The molecule has 2 rings (SSSR count). The highest BCUT2D eigenvalue weighted by molar-refractivity contribution is 5.84. The van der Waals surface area contributed by atoms with E-state index in [2.05, 4.69) is 16.7 Å². The van der Waals surface area contributed by atoms with E-state index in [0.717, 1.165) is 31.5 Å². The van der Waals surface area contributed by atoms with Gasteiger partial charge < -0.3 is 15.5 Å².